The van der Waals surface area contributed by atoms with Gasteiger partial charge in [0.15, 0.2) is 17.5 Å². The van der Waals surface area contributed by atoms with Gasteiger partial charge >= 0.3 is 0 Å². The van der Waals surface area contributed by atoms with Crippen LogP contribution < -0.4 is 20.1 Å². The summed E-state index contributed by atoms with van der Waals surface area (Å²) in [6.07, 6.45) is 4.59. The first kappa shape index (κ1) is 21.9. The van der Waals surface area contributed by atoms with Gasteiger partial charge in [0.1, 0.15) is 0 Å². The van der Waals surface area contributed by atoms with Gasteiger partial charge in [0.05, 0.1) is 25.4 Å². The average Bonchev–Trinajstić information content (AvgIpc) is 3.18. The highest BCUT2D eigenvalue weighted by Gasteiger charge is 2.11. The van der Waals surface area contributed by atoms with E-state index in [1.54, 1.807) is 6.20 Å². The van der Waals surface area contributed by atoms with Gasteiger partial charge < -0.3 is 20.1 Å². The minimum Gasteiger partial charge on any atom is -0.490 e. The number of hydrogen-bond acceptors (Lipinski definition) is 4. The van der Waals surface area contributed by atoms with Crippen molar-refractivity contribution in [3.8, 4) is 17.2 Å². The lowest BCUT2D eigenvalue weighted by Crippen LogP contribution is -2.30. The molecule has 1 aliphatic rings. The summed E-state index contributed by atoms with van der Waals surface area (Å²) in [5.41, 5.74) is 3.06. The third kappa shape index (κ3) is 5.65. The number of aliphatic imine (C=N–C) groups is 1. The number of ether oxygens (including phenoxy) is 2. The molecule has 0 saturated carbocycles. The number of nitrogens with one attached hydrogen (secondary N) is 2. The molecule has 30 heavy (non-hydrogen) atoms. The van der Waals surface area contributed by atoms with Crippen LogP contribution in [0.25, 0.3) is 5.69 Å². The molecule has 2 N–H and O–H groups in total. The first-order chi connectivity index (χ1) is 14.3. The number of benzene rings is 2. The summed E-state index contributed by atoms with van der Waals surface area (Å²) in [6, 6.07) is 16.0. The van der Waals surface area contributed by atoms with Crippen molar-refractivity contribution in [3.63, 3.8) is 0 Å². The molecular weight excluding hydrogens is 493 g/mol. The van der Waals surface area contributed by atoms with E-state index in [2.05, 4.69) is 27.9 Å². The van der Waals surface area contributed by atoms with Crippen molar-refractivity contribution in [1.82, 2.24) is 15.1 Å². The summed E-state index contributed by atoms with van der Waals surface area (Å²) in [4.78, 5) is 4.70. The van der Waals surface area contributed by atoms with Gasteiger partial charge in [-0.1, -0.05) is 12.1 Å². The molecule has 1 aromatic heterocycles. The molecule has 0 atom stereocenters. The Labute approximate surface area is 193 Å². The third-order valence-electron chi connectivity index (χ3n) is 4.48. The van der Waals surface area contributed by atoms with Crippen molar-refractivity contribution in [3.05, 3.63) is 66.5 Å². The van der Waals surface area contributed by atoms with Gasteiger partial charge in [0.25, 0.3) is 0 Å². The van der Waals surface area contributed by atoms with Crippen molar-refractivity contribution in [1.29, 1.82) is 0 Å². The number of rotatable bonds is 5. The lowest BCUT2D eigenvalue weighted by Gasteiger charge is -2.14. The van der Waals surface area contributed by atoms with Gasteiger partial charge in [-0.15, -0.1) is 24.0 Å². The summed E-state index contributed by atoms with van der Waals surface area (Å²) in [5.74, 6) is 2.27. The molecule has 0 spiro atoms. The summed E-state index contributed by atoms with van der Waals surface area (Å²) >= 11 is 0. The molecule has 0 saturated heterocycles. The van der Waals surface area contributed by atoms with Gasteiger partial charge in [0.2, 0.25) is 0 Å². The highest BCUT2D eigenvalue weighted by molar-refractivity contribution is 14.0. The first-order valence-corrected chi connectivity index (χ1v) is 9.86. The smallest absolute Gasteiger partial charge is 0.196 e. The zero-order valence-corrected chi connectivity index (χ0v) is 19.2. The molecule has 0 bridgehead atoms. The second-order valence-corrected chi connectivity index (χ2v) is 6.65. The van der Waals surface area contributed by atoms with E-state index in [1.165, 1.54) is 0 Å². The van der Waals surface area contributed by atoms with Crippen LogP contribution in [0, 0.1) is 0 Å². The highest BCUT2D eigenvalue weighted by Crippen LogP contribution is 2.32. The van der Waals surface area contributed by atoms with Crippen molar-refractivity contribution in [2.24, 2.45) is 4.99 Å². The van der Waals surface area contributed by atoms with E-state index in [4.69, 9.17) is 14.5 Å². The van der Waals surface area contributed by atoms with Gasteiger partial charge in [-0.25, -0.2) is 9.67 Å². The lowest BCUT2D eigenvalue weighted by atomic mass is 10.2. The fourth-order valence-corrected chi connectivity index (χ4v) is 3.03. The monoisotopic (exact) mass is 519 g/mol. The number of aromatic nitrogens is 2. The number of fused-ring (bicyclic) bond motifs is 1. The number of nitrogens with zero attached hydrogens (tertiary/aromatic N) is 3. The SMILES string of the molecule is CCNC(=NCc1ccc(-n2cccn2)cc1)Nc1ccc2c(c1)OCCCO2.I. The molecule has 0 unspecified atom stereocenters. The maximum absolute atomic E-state index is 5.77. The summed E-state index contributed by atoms with van der Waals surface area (Å²) < 4.78 is 13.3. The van der Waals surface area contributed by atoms with Crippen LogP contribution in [-0.4, -0.2) is 35.5 Å². The Morgan fingerprint density at radius 2 is 1.90 bits per heavy atom. The molecule has 0 fully saturated rings. The molecule has 4 rings (SSSR count). The van der Waals surface area contributed by atoms with E-state index in [0.29, 0.717) is 19.8 Å². The summed E-state index contributed by atoms with van der Waals surface area (Å²) in [5, 5.41) is 10.9. The second-order valence-electron chi connectivity index (χ2n) is 6.65. The number of halogens is 1. The van der Waals surface area contributed by atoms with Gasteiger partial charge in [-0.2, -0.15) is 5.10 Å². The third-order valence-corrected chi connectivity index (χ3v) is 4.48. The fourth-order valence-electron chi connectivity index (χ4n) is 3.03. The summed E-state index contributed by atoms with van der Waals surface area (Å²) in [6.45, 7) is 4.74. The number of anilines is 1. The minimum absolute atomic E-state index is 0. The Morgan fingerprint density at radius 1 is 1.10 bits per heavy atom. The minimum atomic E-state index is 0. The quantitative estimate of drug-likeness (QED) is 0.300. The molecule has 0 aliphatic carbocycles. The molecule has 3 aromatic rings. The van der Waals surface area contributed by atoms with Gasteiger partial charge in [-0.05, 0) is 42.8 Å². The predicted octanol–water partition coefficient (Wildman–Crippen LogP) is 4.23. The molecule has 0 amide bonds. The lowest BCUT2D eigenvalue weighted by molar-refractivity contribution is 0.297. The zero-order valence-electron chi connectivity index (χ0n) is 16.9. The zero-order chi connectivity index (χ0) is 19.9. The molecule has 2 heterocycles. The second kappa shape index (κ2) is 10.9. The molecule has 0 radical (unpaired) electrons. The average molecular weight is 519 g/mol. The largest absolute Gasteiger partial charge is 0.490 e. The Balaban J connectivity index is 0.00000256. The maximum atomic E-state index is 5.77. The standard InChI is InChI=1S/C22H25N5O2.HI/c1-2-23-22(26-18-7-10-20-21(15-18)29-14-4-13-28-20)24-16-17-5-8-19(9-6-17)27-12-3-11-25-27;/h3,5-12,15H,2,4,13-14,16H2,1H3,(H2,23,24,26);1H. The Bertz CT molecular complexity index is 958. The highest BCUT2D eigenvalue weighted by atomic mass is 127. The van der Waals surface area contributed by atoms with E-state index in [9.17, 15) is 0 Å². The van der Waals surface area contributed by atoms with E-state index in [1.807, 2.05) is 54.2 Å². The topological polar surface area (TPSA) is 72.7 Å². The molecule has 2 aromatic carbocycles. The molecule has 1 aliphatic heterocycles. The summed E-state index contributed by atoms with van der Waals surface area (Å²) in [7, 11) is 0. The van der Waals surface area contributed by atoms with Crippen LogP contribution in [0.1, 0.15) is 18.9 Å². The van der Waals surface area contributed by atoms with Crippen LogP contribution in [0.2, 0.25) is 0 Å². The van der Waals surface area contributed by atoms with Crippen molar-refractivity contribution in [2.45, 2.75) is 19.9 Å². The van der Waals surface area contributed by atoms with E-state index in [0.717, 1.165) is 47.4 Å². The van der Waals surface area contributed by atoms with Crippen LogP contribution in [0.15, 0.2) is 65.9 Å². The number of guanidine groups is 1. The van der Waals surface area contributed by atoms with Crippen molar-refractivity contribution < 1.29 is 9.47 Å². The maximum Gasteiger partial charge on any atom is 0.196 e. The van der Waals surface area contributed by atoms with E-state index in [-0.39, 0.29) is 24.0 Å². The molecule has 7 nitrogen and oxygen atoms in total. The van der Waals surface area contributed by atoms with Crippen molar-refractivity contribution in [2.75, 3.05) is 25.1 Å². The Kier molecular flexibility index (Phi) is 7.95. The van der Waals surface area contributed by atoms with Crippen LogP contribution in [-0.2, 0) is 6.54 Å². The predicted molar refractivity (Wildman–Crippen MR) is 129 cm³/mol. The van der Waals surface area contributed by atoms with E-state index < -0.39 is 0 Å². The molecular formula is C22H26IN5O2. The van der Waals surface area contributed by atoms with Crippen LogP contribution in [0.5, 0.6) is 11.5 Å². The normalized spacial score (nSPS) is 13.2. The van der Waals surface area contributed by atoms with Gasteiger partial charge in [0, 0.05) is 37.1 Å². The fraction of sp³-hybridized carbons (Fsp3) is 0.273. The number of hydrogen-bond donors (Lipinski definition) is 2. The Morgan fingerprint density at radius 3 is 2.63 bits per heavy atom. The van der Waals surface area contributed by atoms with Crippen LogP contribution >= 0.6 is 24.0 Å². The Hall–Kier alpha value is -2.75. The van der Waals surface area contributed by atoms with Crippen molar-refractivity contribution >= 4 is 35.6 Å². The van der Waals surface area contributed by atoms with Crippen LogP contribution in [0.3, 0.4) is 0 Å². The van der Waals surface area contributed by atoms with E-state index >= 15 is 0 Å². The van der Waals surface area contributed by atoms with Crippen LogP contribution in [0.4, 0.5) is 5.69 Å². The molecule has 158 valence electrons. The molecule has 8 heteroatoms. The van der Waals surface area contributed by atoms with Gasteiger partial charge in [-0.3, -0.25) is 0 Å². The first-order valence-electron chi connectivity index (χ1n) is 9.86.